The van der Waals surface area contributed by atoms with E-state index in [0.29, 0.717) is 5.92 Å². The number of hydrogen-bond acceptors (Lipinski definition) is 0. The van der Waals surface area contributed by atoms with Crippen LogP contribution in [0.4, 0.5) is 0 Å². The molecule has 1 unspecified atom stereocenters. The van der Waals surface area contributed by atoms with Crippen molar-refractivity contribution < 1.29 is 0 Å². The molecule has 0 aliphatic rings. The van der Waals surface area contributed by atoms with Gasteiger partial charge < -0.3 is 0 Å². The summed E-state index contributed by atoms with van der Waals surface area (Å²) in [6.45, 7) is 10.4. The van der Waals surface area contributed by atoms with Gasteiger partial charge >= 0.3 is 0 Å². The molecule has 1 aromatic carbocycles. The van der Waals surface area contributed by atoms with Crippen molar-refractivity contribution in [3.63, 3.8) is 0 Å². The number of aryl methyl sites for hydroxylation is 1. The SMILES string of the molecule is C=Cc1cc(C)ccc1C=CC(C)CC. The van der Waals surface area contributed by atoms with E-state index < -0.39 is 0 Å². The zero-order chi connectivity index (χ0) is 11.3. The Bertz CT molecular complexity index is 358. The molecule has 80 valence electrons. The highest BCUT2D eigenvalue weighted by atomic mass is 14.0. The average molecular weight is 200 g/mol. The first-order valence-corrected chi connectivity index (χ1v) is 5.58. The monoisotopic (exact) mass is 200 g/mol. The van der Waals surface area contributed by atoms with Gasteiger partial charge in [-0.1, -0.05) is 68.8 Å². The highest BCUT2D eigenvalue weighted by molar-refractivity contribution is 5.65. The molecule has 0 saturated carbocycles. The number of allylic oxidation sites excluding steroid dienone is 1. The van der Waals surface area contributed by atoms with Crippen LogP contribution in [0.2, 0.25) is 0 Å². The summed E-state index contributed by atoms with van der Waals surface area (Å²) in [6, 6.07) is 6.47. The minimum atomic E-state index is 0.643. The van der Waals surface area contributed by atoms with Crippen LogP contribution >= 0.6 is 0 Å². The fourth-order valence-corrected chi connectivity index (χ4v) is 1.43. The lowest BCUT2D eigenvalue weighted by Gasteiger charge is -2.04. The highest BCUT2D eigenvalue weighted by Gasteiger charge is 1.97. The van der Waals surface area contributed by atoms with Gasteiger partial charge in [0.2, 0.25) is 0 Å². The standard InChI is InChI=1S/C15H20/c1-5-12(3)7-9-15-10-8-13(4)11-14(15)6-2/h6-12H,2,5H2,1,3-4H3. The second-order valence-corrected chi connectivity index (χ2v) is 4.08. The summed E-state index contributed by atoms with van der Waals surface area (Å²) in [5.74, 6) is 0.643. The molecule has 0 aliphatic carbocycles. The predicted molar refractivity (Wildman–Crippen MR) is 69.8 cm³/mol. The van der Waals surface area contributed by atoms with Crippen molar-refractivity contribution in [3.8, 4) is 0 Å². The summed E-state index contributed by atoms with van der Waals surface area (Å²) in [6.07, 6.45) is 7.57. The Morgan fingerprint density at radius 1 is 1.33 bits per heavy atom. The van der Waals surface area contributed by atoms with E-state index in [1.54, 1.807) is 0 Å². The quantitative estimate of drug-likeness (QED) is 0.661. The van der Waals surface area contributed by atoms with Crippen LogP contribution < -0.4 is 0 Å². The Balaban J connectivity index is 2.94. The molecule has 0 fully saturated rings. The minimum absolute atomic E-state index is 0.643. The predicted octanol–water partition coefficient (Wildman–Crippen LogP) is 4.70. The van der Waals surface area contributed by atoms with Crippen LogP contribution in [-0.2, 0) is 0 Å². The van der Waals surface area contributed by atoms with Crippen LogP contribution in [0.5, 0.6) is 0 Å². The van der Waals surface area contributed by atoms with E-state index in [4.69, 9.17) is 0 Å². The third-order valence-electron chi connectivity index (χ3n) is 2.71. The first kappa shape index (κ1) is 11.8. The van der Waals surface area contributed by atoms with Gasteiger partial charge in [0.25, 0.3) is 0 Å². The summed E-state index contributed by atoms with van der Waals surface area (Å²) >= 11 is 0. The van der Waals surface area contributed by atoms with E-state index in [1.165, 1.54) is 23.1 Å². The lowest BCUT2D eigenvalue weighted by Crippen LogP contribution is -1.86. The van der Waals surface area contributed by atoms with Gasteiger partial charge in [-0.2, -0.15) is 0 Å². The van der Waals surface area contributed by atoms with Gasteiger partial charge in [-0.3, -0.25) is 0 Å². The van der Waals surface area contributed by atoms with E-state index in [2.05, 4.69) is 57.7 Å². The average Bonchev–Trinajstić information content (AvgIpc) is 2.26. The maximum atomic E-state index is 3.85. The van der Waals surface area contributed by atoms with Crippen LogP contribution in [-0.4, -0.2) is 0 Å². The molecule has 1 rings (SSSR count). The largest absolute Gasteiger partial charge is 0.0984 e. The fourth-order valence-electron chi connectivity index (χ4n) is 1.43. The van der Waals surface area contributed by atoms with Crippen molar-refractivity contribution in [2.45, 2.75) is 27.2 Å². The van der Waals surface area contributed by atoms with Crippen LogP contribution in [0.25, 0.3) is 12.2 Å². The Morgan fingerprint density at radius 2 is 2.07 bits per heavy atom. The summed E-state index contributed by atoms with van der Waals surface area (Å²) in [5, 5.41) is 0. The van der Waals surface area contributed by atoms with Gasteiger partial charge in [0.05, 0.1) is 0 Å². The molecule has 0 radical (unpaired) electrons. The topological polar surface area (TPSA) is 0 Å². The van der Waals surface area contributed by atoms with Gasteiger partial charge in [0, 0.05) is 0 Å². The van der Waals surface area contributed by atoms with Crippen molar-refractivity contribution in [2.75, 3.05) is 0 Å². The molecule has 0 heteroatoms. The van der Waals surface area contributed by atoms with Crippen LogP contribution in [0.1, 0.15) is 37.0 Å². The number of rotatable bonds is 4. The van der Waals surface area contributed by atoms with Gasteiger partial charge in [-0.15, -0.1) is 0 Å². The van der Waals surface area contributed by atoms with Crippen LogP contribution in [0.15, 0.2) is 30.9 Å². The van der Waals surface area contributed by atoms with Crippen LogP contribution in [0, 0.1) is 12.8 Å². The van der Waals surface area contributed by atoms with Crippen LogP contribution in [0.3, 0.4) is 0 Å². The molecule has 15 heavy (non-hydrogen) atoms. The molecule has 0 saturated heterocycles. The molecule has 0 aliphatic heterocycles. The summed E-state index contributed by atoms with van der Waals surface area (Å²) in [5.41, 5.74) is 3.76. The molecular formula is C15H20. The Kier molecular flexibility index (Phi) is 4.36. The molecule has 0 heterocycles. The number of hydrogen-bond donors (Lipinski definition) is 0. The molecule has 0 bridgehead atoms. The van der Waals surface area contributed by atoms with E-state index in [-0.39, 0.29) is 0 Å². The molecule has 1 atom stereocenters. The zero-order valence-electron chi connectivity index (χ0n) is 9.96. The molecular weight excluding hydrogens is 180 g/mol. The van der Waals surface area contributed by atoms with Crippen molar-refractivity contribution >= 4 is 12.2 Å². The minimum Gasteiger partial charge on any atom is -0.0984 e. The highest BCUT2D eigenvalue weighted by Crippen LogP contribution is 2.16. The smallest absolute Gasteiger partial charge is 0.0187 e. The molecule has 0 spiro atoms. The molecule has 0 amide bonds. The summed E-state index contributed by atoms with van der Waals surface area (Å²) in [7, 11) is 0. The summed E-state index contributed by atoms with van der Waals surface area (Å²) in [4.78, 5) is 0. The molecule has 0 N–H and O–H groups in total. The van der Waals surface area contributed by atoms with E-state index >= 15 is 0 Å². The van der Waals surface area contributed by atoms with Crippen molar-refractivity contribution in [3.05, 3.63) is 47.5 Å². The maximum absolute atomic E-state index is 3.85. The first-order valence-electron chi connectivity index (χ1n) is 5.58. The normalized spacial score (nSPS) is 13.0. The first-order chi connectivity index (χ1) is 7.17. The second kappa shape index (κ2) is 5.55. The third kappa shape index (κ3) is 3.39. The van der Waals surface area contributed by atoms with E-state index in [9.17, 15) is 0 Å². The van der Waals surface area contributed by atoms with Gasteiger partial charge in [0.1, 0.15) is 0 Å². The third-order valence-corrected chi connectivity index (χ3v) is 2.71. The maximum Gasteiger partial charge on any atom is -0.0187 e. The molecule has 0 aromatic heterocycles. The Morgan fingerprint density at radius 3 is 2.67 bits per heavy atom. The lowest BCUT2D eigenvalue weighted by molar-refractivity contribution is 0.701. The summed E-state index contributed by atoms with van der Waals surface area (Å²) < 4.78 is 0. The van der Waals surface area contributed by atoms with E-state index in [1.807, 2.05) is 6.08 Å². The van der Waals surface area contributed by atoms with Gasteiger partial charge in [-0.05, 0) is 24.0 Å². The van der Waals surface area contributed by atoms with Crippen molar-refractivity contribution in [1.82, 2.24) is 0 Å². The Hall–Kier alpha value is -1.30. The molecule has 1 aromatic rings. The van der Waals surface area contributed by atoms with Crippen molar-refractivity contribution in [1.29, 1.82) is 0 Å². The number of benzene rings is 1. The van der Waals surface area contributed by atoms with Crippen molar-refractivity contribution in [2.24, 2.45) is 5.92 Å². The lowest BCUT2D eigenvalue weighted by atomic mass is 10.0. The Labute approximate surface area is 93.3 Å². The zero-order valence-corrected chi connectivity index (χ0v) is 9.96. The fraction of sp³-hybridized carbons (Fsp3) is 0.333. The van der Waals surface area contributed by atoms with E-state index in [0.717, 1.165) is 0 Å². The van der Waals surface area contributed by atoms with Gasteiger partial charge in [0.15, 0.2) is 0 Å². The molecule has 0 nitrogen and oxygen atoms in total. The second-order valence-electron chi connectivity index (χ2n) is 4.08. The van der Waals surface area contributed by atoms with Gasteiger partial charge in [-0.25, -0.2) is 0 Å².